The molecule has 18 heavy (non-hydrogen) atoms. The van der Waals surface area contributed by atoms with E-state index in [2.05, 4.69) is 0 Å². The van der Waals surface area contributed by atoms with Gasteiger partial charge in [-0.2, -0.15) is 0 Å². The molecule has 3 nitrogen and oxygen atoms in total. The predicted molar refractivity (Wildman–Crippen MR) is 65.6 cm³/mol. The molecule has 0 aromatic carbocycles. The lowest BCUT2D eigenvalue weighted by Crippen LogP contribution is -2.41. The van der Waals surface area contributed by atoms with Crippen LogP contribution in [-0.2, 0) is 4.79 Å². The highest BCUT2D eigenvalue weighted by atomic mass is 19.3. The average Bonchev–Trinajstić information content (AvgIpc) is 2.81. The monoisotopic (exact) mass is 260 g/mol. The first-order valence-electron chi connectivity index (χ1n) is 6.60. The molecule has 0 saturated carbocycles. The number of amides is 1. The predicted octanol–water partition coefficient (Wildman–Crippen LogP) is 1.97. The molecule has 0 aromatic rings. The third kappa shape index (κ3) is 2.82. The number of halogens is 2. The molecule has 0 radical (unpaired) electrons. The van der Waals surface area contributed by atoms with Gasteiger partial charge in [0.15, 0.2) is 0 Å². The standard InChI is InChI=1S/C13H22F2N2O/c1-12(2,3)11(18)16-6-4-10(8-16)17-7-5-13(14,15)9-17/h10H,4-9H2,1-3H3. The minimum atomic E-state index is -2.54. The van der Waals surface area contributed by atoms with Gasteiger partial charge in [-0.3, -0.25) is 9.69 Å². The number of nitrogens with zero attached hydrogens (tertiary/aromatic N) is 2. The van der Waals surface area contributed by atoms with Crippen molar-refractivity contribution >= 4 is 5.91 Å². The number of hydrogen-bond donors (Lipinski definition) is 0. The van der Waals surface area contributed by atoms with Crippen LogP contribution < -0.4 is 0 Å². The van der Waals surface area contributed by atoms with Crippen LogP contribution in [0.25, 0.3) is 0 Å². The van der Waals surface area contributed by atoms with Gasteiger partial charge in [-0.1, -0.05) is 20.8 Å². The molecule has 5 heteroatoms. The third-order valence-electron chi connectivity index (χ3n) is 3.81. The number of carbonyl (C=O) groups excluding carboxylic acids is 1. The zero-order valence-electron chi connectivity index (χ0n) is 11.4. The van der Waals surface area contributed by atoms with Gasteiger partial charge in [0.25, 0.3) is 5.92 Å². The Labute approximate surface area is 107 Å². The van der Waals surface area contributed by atoms with E-state index in [1.807, 2.05) is 30.6 Å². The molecule has 2 rings (SSSR count). The third-order valence-corrected chi connectivity index (χ3v) is 3.81. The van der Waals surface area contributed by atoms with Crippen molar-refractivity contribution in [3.63, 3.8) is 0 Å². The topological polar surface area (TPSA) is 23.6 Å². The van der Waals surface area contributed by atoms with E-state index in [1.54, 1.807) is 0 Å². The summed E-state index contributed by atoms with van der Waals surface area (Å²) in [5, 5.41) is 0. The maximum absolute atomic E-state index is 13.2. The van der Waals surface area contributed by atoms with E-state index in [-0.39, 0.29) is 30.3 Å². The molecular weight excluding hydrogens is 238 g/mol. The van der Waals surface area contributed by atoms with Crippen molar-refractivity contribution in [2.24, 2.45) is 5.41 Å². The van der Waals surface area contributed by atoms with Gasteiger partial charge in [0.05, 0.1) is 6.54 Å². The Morgan fingerprint density at radius 3 is 2.44 bits per heavy atom. The summed E-state index contributed by atoms with van der Waals surface area (Å²) in [4.78, 5) is 15.8. The number of rotatable bonds is 1. The Kier molecular flexibility index (Phi) is 3.38. The molecule has 1 atom stereocenters. The van der Waals surface area contributed by atoms with Crippen molar-refractivity contribution in [3.05, 3.63) is 0 Å². The highest BCUT2D eigenvalue weighted by Gasteiger charge is 2.43. The molecule has 0 aromatic heterocycles. The molecule has 1 amide bonds. The summed E-state index contributed by atoms with van der Waals surface area (Å²) in [6.07, 6.45) is 0.772. The fraction of sp³-hybridized carbons (Fsp3) is 0.923. The highest BCUT2D eigenvalue weighted by molar-refractivity contribution is 5.81. The summed E-state index contributed by atoms with van der Waals surface area (Å²) < 4.78 is 26.3. The van der Waals surface area contributed by atoms with Gasteiger partial charge in [0.1, 0.15) is 0 Å². The summed E-state index contributed by atoms with van der Waals surface area (Å²) in [5.74, 6) is -2.42. The first kappa shape index (κ1) is 13.7. The van der Waals surface area contributed by atoms with Crippen molar-refractivity contribution in [1.29, 1.82) is 0 Å². The van der Waals surface area contributed by atoms with Crippen molar-refractivity contribution in [2.75, 3.05) is 26.2 Å². The van der Waals surface area contributed by atoms with Crippen LogP contribution in [0.4, 0.5) is 8.78 Å². The molecule has 2 aliphatic heterocycles. The van der Waals surface area contributed by atoms with E-state index >= 15 is 0 Å². The van der Waals surface area contributed by atoms with Gasteiger partial charge in [-0.05, 0) is 6.42 Å². The summed E-state index contributed by atoms with van der Waals surface area (Å²) >= 11 is 0. The Balaban J connectivity index is 1.92. The van der Waals surface area contributed by atoms with Gasteiger partial charge >= 0.3 is 0 Å². The zero-order chi connectivity index (χ0) is 13.6. The van der Waals surface area contributed by atoms with Crippen molar-refractivity contribution in [2.45, 2.75) is 45.6 Å². The second-order valence-electron chi connectivity index (χ2n) is 6.52. The summed E-state index contributed by atoms with van der Waals surface area (Å²) in [6, 6.07) is 0.115. The molecule has 0 bridgehead atoms. The summed E-state index contributed by atoms with van der Waals surface area (Å²) in [6.45, 7) is 7.30. The van der Waals surface area contributed by atoms with Crippen LogP contribution in [0.3, 0.4) is 0 Å². The largest absolute Gasteiger partial charge is 0.341 e. The van der Waals surface area contributed by atoms with Crippen molar-refractivity contribution in [1.82, 2.24) is 9.80 Å². The number of likely N-dealkylation sites (tertiary alicyclic amines) is 2. The normalized spacial score (nSPS) is 28.9. The molecular formula is C13H22F2N2O. The van der Waals surface area contributed by atoms with Crippen LogP contribution in [0.2, 0.25) is 0 Å². The molecule has 2 aliphatic rings. The minimum absolute atomic E-state index is 0.0449. The van der Waals surface area contributed by atoms with Crippen LogP contribution in [0.15, 0.2) is 0 Å². The number of alkyl halides is 2. The van der Waals surface area contributed by atoms with Gasteiger partial charge in [0.2, 0.25) is 5.91 Å². The molecule has 0 N–H and O–H groups in total. The quantitative estimate of drug-likeness (QED) is 0.719. The second-order valence-corrected chi connectivity index (χ2v) is 6.52. The van der Waals surface area contributed by atoms with Gasteiger partial charge in [-0.15, -0.1) is 0 Å². The highest BCUT2D eigenvalue weighted by Crippen LogP contribution is 2.31. The van der Waals surface area contributed by atoms with E-state index in [0.29, 0.717) is 19.6 Å². The number of carbonyl (C=O) groups is 1. The lowest BCUT2D eigenvalue weighted by molar-refractivity contribution is -0.138. The van der Waals surface area contributed by atoms with Gasteiger partial charge < -0.3 is 4.90 Å². The van der Waals surface area contributed by atoms with Crippen LogP contribution >= 0.6 is 0 Å². The maximum Gasteiger partial charge on any atom is 0.261 e. The van der Waals surface area contributed by atoms with Crippen molar-refractivity contribution < 1.29 is 13.6 Å². The van der Waals surface area contributed by atoms with E-state index in [4.69, 9.17) is 0 Å². The minimum Gasteiger partial charge on any atom is -0.341 e. The summed E-state index contributed by atoms with van der Waals surface area (Å²) in [7, 11) is 0. The number of hydrogen-bond acceptors (Lipinski definition) is 2. The van der Waals surface area contributed by atoms with E-state index in [0.717, 1.165) is 6.42 Å². The maximum atomic E-state index is 13.2. The Morgan fingerprint density at radius 1 is 1.28 bits per heavy atom. The van der Waals surface area contributed by atoms with Crippen LogP contribution in [-0.4, -0.2) is 53.9 Å². The first-order valence-corrected chi connectivity index (χ1v) is 6.60. The molecule has 0 aliphatic carbocycles. The van der Waals surface area contributed by atoms with Gasteiger partial charge in [0, 0.05) is 37.5 Å². The molecule has 1 unspecified atom stereocenters. The molecule has 2 saturated heterocycles. The summed E-state index contributed by atoms with van der Waals surface area (Å²) in [5.41, 5.74) is -0.385. The van der Waals surface area contributed by atoms with E-state index in [1.165, 1.54) is 0 Å². The zero-order valence-corrected chi connectivity index (χ0v) is 11.4. The first-order chi connectivity index (χ1) is 8.19. The second kappa shape index (κ2) is 4.44. The molecule has 2 heterocycles. The molecule has 2 fully saturated rings. The fourth-order valence-corrected chi connectivity index (χ4v) is 2.77. The van der Waals surface area contributed by atoms with Crippen LogP contribution in [0, 0.1) is 5.41 Å². The molecule has 104 valence electrons. The average molecular weight is 260 g/mol. The lowest BCUT2D eigenvalue weighted by atomic mass is 9.95. The lowest BCUT2D eigenvalue weighted by Gasteiger charge is -2.27. The molecule has 0 spiro atoms. The van der Waals surface area contributed by atoms with Gasteiger partial charge in [-0.25, -0.2) is 8.78 Å². The Bertz CT molecular complexity index is 338. The van der Waals surface area contributed by atoms with Crippen LogP contribution in [0.1, 0.15) is 33.6 Å². The van der Waals surface area contributed by atoms with Crippen molar-refractivity contribution in [3.8, 4) is 0 Å². The van der Waals surface area contributed by atoms with E-state index < -0.39 is 5.92 Å². The Morgan fingerprint density at radius 2 is 1.94 bits per heavy atom. The van der Waals surface area contributed by atoms with E-state index in [9.17, 15) is 13.6 Å². The van der Waals surface area contributed by atoms with Crippen LogP contribution in [0.5, 0.6) is 0 Å². The smallest absolute Gasteiger partial charge is 0.261 e. The SMILES string of the molecule is CC(C)(C)C(=O)N1CCC(N2CCC(F)(F)C2)C1. The fourth-order valence-electron chi connectivity index (χ4n) is 2.77. The Hall–Kier alpha value is -0.710.